The van der Waals surface area contributed by atoms with Crippen molar-refractivity contribution < 1.29 is 14.3 Å². The molecule has 0 radical (unpaired) electrons. The van der Waals surface area contributed by atoms with Crippen LogP contribution >= 0.6 is 11.8 Å². The third-order valence-electron chi connectivity index (χ3n) is 4.29. The molecule has 0 spiro atoms. The Morgan fingerprint density at radius 2 is 1.64 bits per heavy atom. The first kappa shape index (κ1) is 18.1. The van der Waals surface area contributed by atoms with E-state index < -0.39 is 12.1 Å². The fourth-order valence-corrected chi connectivity index (χ4v) is 3.78. The standard InChI is InChI=1S/C22H18N2O3S/c1-14(21(25)23-16-7-3-2-4-8-16)27-22(26)15-11-12-20-18(13-15)24-17-9-5-6-10-19(17)28-20/h2-14,24H,1H3,(H,23,25). The van der Waals surface area contributed by atoms with Gasteiger partial charge in [-0.2, -0.15) is 0 Å². The molecule has 4 rings (SSSR count). The van der Waals surface area contributed by atoms with Crippen molar-refractivity contribution in [3.05, 3.63) is 78.4 Å². The van der Waals surface area contributed by atoms with Gasteiger partial charge in [-0.15, -0.1) is 0 Å². The highest BCUT2D eigenvalue weighted by atomic mass is 32.2. The topological polar surface area (TPSA) is 67.4 Å². The fraction of sp³-hybridized carbons (Fsp3) is 0.0909. The molecule has 0 aliphatic carbocycles. The number of rotatable bonds is 4. The van der Waals surface area contributed by atoms with Gasteiger partial charge in [0.05, 0.1) is 16.9 Å². The van der Waals surface area contributed by atoms with E-state index >= 15 is 0 Å². The van der Waals surface area contributed by atoms with Gasteiger partial charge >= 0.3 is 5.97 Å². The quantitative estimate of drug-likeness (QED) is 0.476. The second-order valence-corrected chi connectivity index (χ2v) is 7.42. The van der Waals surface area contributed by atoms with E-state index in [-0.39, 0.29) is 5.91 Å². The molecular formula is C22H18N2O3S. The molecule has 0 saturated carbocycles. The lowest BCUT2D eigenvalue weighted by Crippen LogP contribution is -2.30. The van der Waals surface area contributed by atoms with E-state index in [4.69, 9.17) is 4.74 Å². The minimum absolute atomic E-state index is 0.375. The minimum atomic E-state index is -0.910. The van der Waals surface area contributed by atoms with Crippen LogP contribution in [-0.4, -0.2) is 18.0 Å². The molecule has 6 heteroatoms. The Bertz CT molecular complexity index is 1040. The first-order valence-corrected chi connectivity index (χ1v) is 9.66. The molecule has 2 N–H and O–H groups in total. The van der Waals surface area contributed by atoms with Crippen LogP contribution in [0.25, 0.3) is 0 Å². The third kappa shape index (κ3) is 3.87. The Balaban J connectivity index is 1.43. The van der Waals surface area contributed by atoms with E-state index in [2.05, 4.69) is 10.6 Å². The zero-order valence-corrected chi connectivity index (χ0v) is 16.0. The summed E-state index contributed by atoms with van der Waals surface area (Å²) in [5, 5.41) is 6.06. The van der Waals surface area contributed by atoms with Crippen molar-refractivity contribution in [1.82, 2.24) is 0 Å². The van der Waals surface area contributed by atoms with Crippen molar-refractivity contribution in [2.24, 2.45) is 0 Å². The monoisotopic (exact) mass is 390 g/mol. The number of hydrogen-bond donors (Lipinski definition) is 2. The van der Waals surface area contributed by atoms with E-state index in [9.17, 15) is 9.59 Å². The molecule has 1 aliphatic heterocycles. The maximum atomic E-state index is 12.5. The van der Waals surface area contributed by atoms with E-state index in [1.54, 1.807) is 43.0 Å². The SMILES string of the molecule is CC(OC(=O)c1ccc2c(c1)Nc1ccccc1S2)C(=O)Nc1ccccc1. The van der Waals surface area contributed by atoms with Gasteiger partial charge in [0.1, 0.15) is 0 Å². The highest BCUT2D eigenvalue weighted by Gasteiger charge is 2.21. The largest absolute Gasteiger partial charge is 0.449 e. The Hall–Kier alpha value is -3.25. The average Bonchev–Trinajstić information content (AvgIpc) is 2.72. The summed E-state index contributed by atoms with van der Waals surface area (Å²) in [4.78, 5) is 26.9. The van der Waals surface area contributed by atoms with E-state index in [1.807, 2.05) is 48.5 Å². The summed E-state index contributed by atoms with van der Waals surface area (Å²) in [5.41, 5.74) is 2.90. The van der Waals surface area contributed by atoms with E-state index in [0.717, 1.165) is 21.2 Å². The number of carbonyl (C=O) groups is 2. The number of hydrogen-bond acceptors (Lipinski definition) is 5. The Morgan fingerprint density at radius 3 is 2.46 bits per heavy atom. The molecule has 1 amide bonds. The Labute approximate surface area is 167 Å². The van der Waals surface area contributed by atoms with Crippen molar-refractivity contribution in [1.29, 1.82) is 0 Å². The number of benzene rings is 3. The van der Waals surface area contributed by atoms with Crippen molar-refractivity contribution in [3.63, 3.8) is 0 Å². The normalized spacial score (nSPS) is 12.8. The lowest BCUT2D eigenvalue weighted by molar-refractivity contribution is -0.123. The van der Waals surface area contributed by atoms with Gasteiger partial charge in [0.25, 0.3) is 5.91 Å². The molecule has 5 nitrogen and oxygen atoms in total. The summed E-state index contributed by atoms with van der Waals surface area (Å²) >= 11 is 1.64. The van der Waals surface area contributed by atoms with Crippen LogP contribution in [0.2, 0.25) is 0 Å². The highest BCUT2D eigenvalue weighted by molar-refractivity contribution is 7.99. The molecule has 1 heterocycles. The number of para-hydroxylation sites is 2. The summed E-state index contributed by atoms with van der Waals surface area (Å²) in [6.45, 7) is 1.55. The van der Waals surface area contributed by atoms with Crippen LogP contribution in [0.4, 0.5) is 17.1 Å². The minimum Gasteiger partial charge on any atom is -0.449 e. The maximum Gasteiger partial charge on any atom is 0.338 e. The van der Waals surface area contributed by atoms with Crippen LogP contribution < -0.4 is 10.6 Å². The zero-order valence-electron chi connectivity index (χ0n) is 15.1. The molecule has 1 unspecified atom stereocenters. The second kappa shape index (κ2) is 7.78. The second-order valence-electron chi connectivity index (χ2n) is 6.34. The summed E-state index contributed by atoms with van der Waals surface area (Å²) in [6, 6.07) is 22.4. The number of carbonyl (C=O) groups excluding carboxylic acids is 2. The predicted molar refractivity (Wildman–Crippen MR) is 110 cm³/mol. The van der Waals surface area contributed by atoms with Crippen LogP contribution in [0, 0.1) is 0 Å². The lowest BCUT2D eigenvalue weighted by Gasteiger charge is -2.21. The van der Waals surface area contributed by atoms with Gasteiger partial charge in [0.2, 0.25) is 0 Å². The first-order valence-electron chi connectivity index (χ1n) is 8.85. The molecule has 0 saturated heterocycles. The molecule has 0 bridgehead atoms. The Kier molecular flexibility index (Phi) is 5.04. The molecule has 140 valence electrons. The van der Waals surface area contributed by atoms with Gasteiger partial charge in [-0.3, -0.25) is 4.79 Å². The lowest BCUT2D eigenvalue weighted by atomic mass is 10.2. The maximum absolute atomic E-state index is 12.5. The van der Waals surface area contributed by atoms with Crippen LogP contribution in [0.5, 0.6) is 0 Å². The van der Waals surface area contributed by atoms with Crippen LogP contribution in [0.15, 0.2) is 82.6 Å². The average molecular weight is 390 g/mol. The zero-order chi connectivity index (χ0) is 19.5. The molecule has 3 aromatic carbocycles. The van der Waals surface area contributed by atoms with Gasteiger partial charge < -0.3 is 15.4 Å². The smallest absolute Gasteiger partial charge is 0.338 e. The number of fused-ring (bicyclic) bond motifs is 2. The fourth-order valence-electron chi connectivity index (χ4n) is 2.81. The Morgan fingerprint density at radius 1 is 0.929 bits per heavy atom. The van der Waals surface area contributed by atoms with E-state index in [0.29, 0.717) is 11.3 Å². The van der Waals surface area contributed by atoms with Crippen LogP contribution in [-0.2, 0) is 9.53 Å². The van der Waals surface area contributed by atoms with Crippen molar-refractivity contribution >= 4 is 40.7 Å². The third-order valence-corrected chi connectivity index (χ3v) is 5.44. The van der Waals surface area contributed by atoms with Gasteiger partial charge in [0, 0.05) is 15.5 Å². The molecule has 0 fully saturated rings. The molecule has 1 aliphatic rings. The number of anilines is 3. The van der Waals surface area contributed by atoms with E-state index in [1.165, 1.54) is 0 Å². The number of esters is 1. The summed E-state index contributed by atoms with van der Waals surface area (Å²) in [5.74, 6) is -0.913. The van der Waals surface area contributed by atoms with Gasteiger partial charge in [-0.25, -0.2) is 4.79 Å². The van der Waals surface area contributed by atoms with Gasteiger partial charge in [-0.1, -0.05) is 42.1 Å². The predicted octanol–water partition coefficient (Wildman–Crippen LogP) is 5.08. The molecule has 3 aromatic rings. The van der Waals surface area contributed by atoms with Crippen molar-refractivity contribution in [2.75, 3.05) is 10.6 Å². The summed E-state index contributed by atoms with van der Waals surface area (Å²) in [7, 11) is 0. The van der Waals surface area contributed by atoms with Gasteiger partial charge in [-0.05, 0) is 49.4 Å². The summed E-state index contributed by atoms with van der Waals surface area (Å²) in [6.07, 6.45) is -0.910. The number of nitrogens with one attached hydrogen (secondary N) is 2. The highest BCUT2D eigenvalue weighted by Crippen LogP contribution is 2.44. The van der Waals surface area contributed by atoms with Crippen molar-refractivity contribution in [2.45, 2.75) is 22.8 Å². The molecule has 0 aromatic heterocycles. The van der Waals surface area contributed by atoms with Crippen LogP contribution in [0.1, 0.15) is 17.3 Å². The number of ether oxygens (including phenoxy) is 1. The first-order chi connectivity index (χ1) is 13.6. The number of amides is 1. The van der Waals surface area contributed by atoms with Crippen molar-refractivity contribution in [3.8, 4) is 0 Å². The van der Waals surface area contributed by atoms with Crippen LogP contribution in [0.3, 0.4) is 0 Å². The van der Waals surface area contributed by atoms with Gasteiger partial charge in [0.15, 0.2) is 6.10 Å². The molecule has 1 atom stereocenters. The summed E-state index contributed by atoms with van der Waals surface area (Å²) < 4.78 is 5.35. The molecule has 28 heavy (non-hydrogen) atoms. The molecular weight excluding hydrogens is 372 g/mol.